The molecule has 0 bridgehead atoms. The van der Waals surface area contributed by atoms with Gasteiger partial charge in [0.1, 0.15) is 5.78 Å². The fourth-order valence-electron chi connectivity index (χ4n) is 1.33. The van der Waals surface area contributed by atoms with E-state index in [9.17, 15) is 9.59 Å². The summed E-state index contributed by atoms with van der Waals surface area (Å²) in [6, 6.07) is 7.44. The third-order valence-corrected chi connectivity index (χ3v) is 2.34. The SMILES string of the molecule is CC(=O)CNC(=O)c1ccc(C(C)C)cc1. The van der Waals surface area contributed by atoms with E-state index in [1.807, 2.05) is 12.1 Å². The standard InChI is InChI=1S/C13H17NO2/c1-9(2)11-4-6-12(7-5-11)13(16)14-8-10(3)15/h4-7,9H,8H2,1-3H3,(H,14,16). The maximum absolute atomic E-state index is 11.6. The first-order valence-corrected chi connectivity index (χ1v) is 5.38. The number of ketones is 1. The Hall–Kier alpha value is -1.64. The number of carbonyl (C=O) groups excluding carboxylic acids is 2. The van der Waals surface area contributed by atoms with Gasteiger partial charge in [-0.05, 0) is 30.5 Å². The Kier molecular flexibility index (Phi) is 4.23. The minimum atomic E-state index is -0.203. The third kappa shape index (κ3) is 3.50. The van der Waals surface area contributed by atoms with Gasteiger partial charge in [-0.1, -0.05) is 26.0 Å². The van der Waals surface area contributed by atoms with Crippen molar-refractivity contribution in [3.8, 4) is 0 Å². The van der Waals surface area contributed by atoms with Gasteiger partial charge in [0.05, 0.1) is 6.54 Å². The molecule has 0 saturated carbocycles. The molecule has 0 aromatic heterocycles. The lowest BCUT2D eigenvalue weighted by atomic mass is 10.0. The molecule has 1 rings (SSSR count). The van der Waals surface area contributed by atoms with Crippen LogP contribution in [-0.2, 0) is 4.79 Å². The molecule has 3 nitrogen and oxygen atoms in total. The molecule has 1 aromatic carbocycles. The van der Waals surface area contributed by atoms with E-state index in [1.54, 1.807) is 12.1 Å². The number of benzene rings is 1. The fraction of sp³-hybridized carbons (Fsp3) is 0.385. The average Bonchev–Trinajstić information content (AvgIpc) is 2.26. The van der Waals surface area contributed by atoms with E-state index in [0.29, 0.717) is 11.5 Å². The van der Waals surface area contributed by atoms with Gasteiger partial charge in [-0.15, -0.1) is 0 Å². The van der Waals surface area contributed by atoms with Gasteiger partial charge in [-0.3, -0.25) is 9.59 Å². The van der Waals surface area contributed by atoms with Crippen LogP contribution in [0.4, 0.5) is 0 Å². The first-order valence-electron chi connectivity index (χ1n) is 5.38. The number of nitrogens with one attached hydrogen (secondary N) is 1. The number of amides is 1. The Morgan fingerprint density at radius 1 is 1.19 bits per heavy atom. The zero-order chi connectivity index (χ0) is 12.1. The van der Waals surface area contributed by atoms with Crippen molar-refractivity contribution in [2.24, 2.45) is 0 Å². The predicted octanol–water partition coefficient (Wildman–Crippen LogP) is 2.13. The lowest BCUT2D eigenvalue weighted by Crippen LogP contribution is -2.28. The molecular formula is C13H17NO2. The largest absolute Gasteiger partial charge is 0.345 e. The second-order valence-corrected chi connectivity index (χ2v) is 4.16. The zero-order valence-corrected chi connectivity index (χ0v) is 9.91. The minimum Gasteiger partial charge on any atom is -0.345 e. The normalized spacial score (nSPS) is 10.2. The number of hydrogen-bond acceptors (Lipinski definition) is 2. The Labute approximate surface area is 95.9 Å². The first-order chi connectivity index (χ1) is 7.50. The van der Waals surface area contributed by atoms with Crippen molar-refractivity contribution >= 4 is 11.7 Å². The summed E-state index contributed by atoms with van der Waals surface area (Å²) in [6.45, 7) is 5.74. The Morgan fingerprint density at radius 2 is 1.75 bits per heavy atom. The van der Waals surface area contributed by atoms with Crippen LogP contribution in [0.5, 0.6) is 0 Å². The second-order valence-electron chi connectivity index (χ2n) is 4.16. The number of hydrogen-bond donors (Lipinski definition) is 1. The van der Waals surface area contributed by atoms with Crippen LogP contribution < -0.4 is 5.32 Å². The Bertz CT molecular complexity index is 379. The van der Waals surface area contributed by atoms with Crippen LogP contribution in [0.2, 0.25) is 0 Å². The molecular weight excluding hydrogens is 202 g/mol. The highest BCUT2D eigenvalue weighted by molar-refractivity contribution is 5.96. The fourth-order valence-corrected chi connectivity index (χ4v) is 1.33. The summed E-state index contributed by atoms with van der Waals surface area (Å²) in [5, 5.41) is 2.56. The molecule has 0 saturated heterocycles. The molecule has 0 aliphatic rings. The van der Waals surface area contributed by atoms with Gasteiger partial charge in [-0.2, -0.15) is 0 Å². The van der Waals surface area contributed by atoms with Gasteiger partial charge in [0.2, 0.25) is 0 Å². The summed E-state index contributed by atoms with van der Waals surface area (Å²) in [6.07, 6.45) is 0. The van der Waals surface area contributed by atoms with E-state index >= 15 is 0 Å². The summed E-state index contributed by atoms with van der Waals surface area (Å²) in [5.74, 6) is 0.201. The average molecular weight is 219 g/mol. The molecule has 1 amide bonds. The highest BCUT2D eigenvalue weighted by Gasteiger charge is 2.06. The molecule has 0 fully saturated rings. The maximum atomic E-state index is 11.6. The molecule has 0 heterocycles. The highest BCUT2D eigenvalue weighted by Crippen LogP contribution is 2.14. The number of rotatable bonds is 4. The van der Waals surface area contributed by atoms with Gasteiger partial charge < -0.3 is 5.32 Å². The molecule has 0 aliphatic heterocycles. The van der Waals surface area contributed by atoms with Crippen LogP contribution in [-0.4, -0.2) is 18.2 Å². The van der Waals surface area contributed by atoms with Gasteiger partial charge in [0.25, 0.3) is 5.91 Å². The van der Waals surface area contributed by atoms with Crippen molar-refractivity contribution < 1.29 is 9.59 Å². The van der Waals surface area contributed by atoms with Crippen LogP contribution >= 0.6 is 0 Å². The van der Waals surface area contributed by atoms with Gasteiger partial charge in [0.15, 0.2) is 0 Å². The topological polar surface area (TPSA) is 46.2 Å². The molecule has 0 radical (unpaired) electrons. The van der Waals surface area contributed by atoms with E-state index in [2.05, 4.69) is 19.2 Å². The minimum absolute atomic E-state index is 0.0489. The van der Waals surface area contributed by atoms with E-state index in [1.165, 1.54) is 12.5 Å². The van der Waals surface area contributed by atoms with Crippen LogP contribution in [0.25, 0.3) is 0 Å². The Morgan fingerprint density at radius 3 is 2.19 bits per heavy atom. The monoisotopic (exact) mass is 219 g/mol. The van der Waals surface area contributed by atoms with Gasteiger partial charge in [0, 0.05) is 5.56 Å². The molecule has 0 spiro atoms. The number of carbonyl (C=O) groups is 2. The summed E-state index contributed by atoms with van der Waals surface area (Å²) in [7, 11) is 0. The van der Waals surface area contributed by atoms with E-state index in [4.69, 9.17) is 0 Å². The van der Waals surface area contributed by atoms with Crippen molar-refractivity contribution in [2.45, 2.75) is 26.7 Å². The summed E-state index contributed by atoms with van der Waals surface area (Å²) in [4.78, 5) is 22.3. The smallest absolute Gasteiger partial charge is 0.251 e. The summed E-state index contributed by atoms with van der Waals surface area (Å²) < 4.78 is 0. The lowest BCUT2D eigenvalue weighted by Gasteiger charge is -2.07. The van der Waals surface area contributed by atoms with Crippen molar-refractivity contribution in [2.75, 3.05) is 6.54 Å². The Balaban J connectivity index is 2.66. The van der Waals surface area contributed by atoms with Crippen LogP contribution in [0, 0.1) is 0 Å². The quantitative estimate of drug-likeness (QED) is 0.843. The maximum Gasteiger partial charge on any atom is 0.251 e. The van der Waals surface area contributed by atoms with Crippen LogP contribution in [0.1, 0.15) is 42.6 Å². The first kappa shape index (κ1) is 12.4. The van der Waals surface area contributed by atoms with Crippen LogP contribution in [0.15, 0.2) is 24.3 Å². The molecule has 1 N–H and O–H groups in total. The number of Topliss-reactive ketones (excluding diaryl/α,β-unsaturated/α-hetero) is 1. The lowest BCUT2D eigenvalue weighted by molar-refractivity contribution is -0.116. The van der Waals surface area contributed by atoms with Gasteiger partial charge in [-0.25, -0.2) is 0 Å². The molecule has 3 heteroatoms. The van der Waals surface area contributed by atoms with Crippen molar-refractivity contribution in [3.05, 3.63) is 35.4 Å². The van der Waals surface area contributed by atoms with E-state index < -0.39 is 0 Å². The molecule has 16 heavy (non-hydrogen) atoms. The van der Waals surface area contributed by atoms with Gasteiger partial charge >= 0.3 is 0 Å². The molecule has 0 aliphatic carbocycles. The third-order valence-electron chi connectivity index (χ3n) is 2.34. The van der Waals surface area contributed by atoms with E-state index in [0.717, 1.165) is 0 Å². The van der Waals surface area contributed by atoms with Crippen molar-refractivity contribution in [1.29, 1.82) is 0 Å². The van der Waals surface area contributed by atoms with Crippen molar-refractivity contribution in [1.82, 2.24) is 5.32 Å². The molecule has 1 aromatic rings. The van der Waals surface area contributed by atoms with Crippen LogP contribution in [0.3, 0.4) is 0 Å². The molecule has 0 unspecified atom stereocenters. The predicted molar refractivity (Wildman–Crippen MR) is 63.5 cm³/mol. The van der Waals surface area contributed by atoms with E-state index in [-0.39, 0.29) is 18.2 Å². The second kappa shape index (κ2) is 5.45. The summed E-state index contributed by atoms with van der Waals surface area (Å²) >= 11 is 0. The molecule has 86 valence electrons. The molecule has 0 atom stereocenters. The zero-order valence-electron chi connectivity index (χ0n) is 9.91. The summed E-state index contributed by atoms with van der Waals surface area (Å²) in [5.41, 5.74) is 1.79. The van der Waals surface area contributed by atoms with Crippen molar-refractivity contribution in [3.63, 3.8) is 0 Å². The highest BCUT2D eigenvalue weighted by atomic mass is 16.2.